The summed E-state index contributed by atoms with van der Waals surface area (Å²) in [5, 5.41) is 3.07. The third-order valence-electron chi connectivity index (χ3n) is 5.08. The van der Waals surface area contributed by atoms with Gasteiger partial charge in [-0.1, -0.05) is 24.3 Å². The zero-order valence-corrected chi connectivity index (χ0v) is 15.4. The molecule has 0 spiro atoms. The van der Waals surface area contributed by atoms with E-state index in [2.05, 4.69) is 5.32 Å². The summed E-state index contributed by atoms with van der Waals surface area (Å²) in [7, 11) is 1.82. The van der Waals surface area contributed by atoms with Crippen LogP contribution in [0.15, 0.2) is 59.6 Å². The molecule has 2 aliphatic rings. The Morgan fingerprint density at radius 2 is 2.08 bits per heavy atom. The molecule has 0 bridgehead atoms. The SMILES string of the molecule is CNCCC(c1cccc(F)c1)N1C(=O)C(C)(C)C2=C1C(F)=CCC=C2. The minimum absolute atomic E-state index is 0.164. The summed E-state index contributed by atoms with van der Waals surface area (Å²) in [5.74, 6) is -0.924. The fourth-order valence-electron chi connectivity index (χ4n) is 3.67. The van der Waals surface area contributed by atoms with Crippen LogP contribution in [0.5, 0.6) is 0 Å². The van der Waals surface area contributed by atoms with E-state index < -0.39 is 17.3 Å². The number of amides is 1. The Kier molecular flexibility index (Phi) is 5.10. The first-order chi connectivity index (χ1) is 12.4. The number of rotatable bonds is 5. The Bertz CT molecular complexity index is 808. The third-order valence-corrected chi connectivity index (χ3v) is 5.08. The topological polar surface area (TPSA) is 32.3 Å². The number of halogens is 2. The molecule has 1 heterocycles. The van der Waals surface area contributed by atoms with Crippen molar-refractivity contribution >= 4 is 5.91 Å². The quantitative estimate of drug-likeness (QED) is 0.845. The van der Waals surface area contributed by atoms with Crippen molar-refractivity contribution in [2.24, 2.45) is 5.41 Å². The Morgan fingerprint density at radius 3 is 2.77 bits per heavy atom. The molecule has 26 heavy (non-hydrogen) atoms. The van der Waals surface area contributed by atoms with Gasteiger partial charge in [0, 0.05) is 0 Å². The molecule has 1 aliphatic heterocycles. The minimum atomic E-state index is -0.827. The Labute approximate surface area is 153 Å². The molecule has 138 valence electrons. The molecule has 1 atom stereocenters. The monoisotopic (exact) mass is 358 g/mol. The summed E-state index contributed by atoms with van der Waals surface area (Å²) in [5.41, 5.74) is 0.838. The van der Waals surface area contributed by atoms with Gasteiger partial charge in [0.05, 0.1) is 17.2 Å². The van der Waals surface area contributed by atoms with Gasteiger partial charge in [0.25, 0.3) is 0 Å². The second-order valence-electron chi connectivity index (χ2n) is 7.22. The van der Waals surface area contributed by atoms with E-state index in [1.807, 2.05) is 33.0 Å². The van der Waals surface area contributed by atoms with Gasteiger partial charge in [-0.05, 0) is 69.6 Å². The fraction of sp³-hybridized carbons (Fsp3) is 0.381. The highest BCUT2D eigenvalue weighted by atomic mass is 19.1. The Morgan fingerprint density at radius 1 is 1.31 bits per heavy atom. The second-order valence-corrected chi connectivity index (χ2v) is 7.22. The molecule has 1 aromatic carbocycles. The van der Waals surface area contributed by atoms with Crippen molar-refractivity contribution in [1.29, 1.82) is 0 Å². The van der Waals surface area contributed by atoms with Crippen LogP contribution in [-0.4, -0.2) is 24.4 Å². The highest BCUT2D eigenvalue weighted by molar-refractivity contribution is 5.93. The summed E-state index contributed by atoms with van der Waals surface area (Å²) in [6, 6.07) is 5.76. The molecular formula is C21H24F2N2O. The van der Waals surface area contributed by atoms with E-state index in [0.29, 0.717) is 36.2 Å². The first-order valence-electron chi connectivity index (χ1n) is 8.89. The lowest BCUT2D eigenvalue weighted by Gasteiger charge is -2.32. The smallest absolute Gasteiger partial charge is 0.237 e. The summed E-state index contributed by atoms with van der Waals surface area (Å²) < 4.78 is 28.8. The number of benzene rings is 1. The van der Waals surface area contributed by atoms with Crippen LogP contribution in [-0.2, 0) is 4.79 Å². The highest BCUT2D eigenvalue weighted by Crippen LogP contribution is 2.48. The van der Waals surface area contributed by atoms with Gasteiger partial charge in [-0.2, -0.15) is 0 Å². The van der Waals surface area contributed by atoms with Gasteiger partial charge in [-0.3, -0.25) is 4.79 Å². The predicted octanol–water partition coefficient (Wildman–Crippen LogP) is 4.41. The Balaban J connectivity index is 2.14. The maximum absolute atomic E-state index is 14.9. The van der Waals surface area contributed by atoms with E-state index in [1.54, 1.807) is 12.1 Å². The van der Waals surface area contributed by atoms with E-state index in [1.165, 1.54) is 23.1 Å². The van der Waals surface area contributed by atoms with Gasteiger partial charge >= 0.3 is 0 Å². The molecule has 0 radical (unpaired) electrons. The number of nitrogens with one attached hydrogen (secondary N) is 1. The highest BCUT2D eigenvalue weighted by Gasteiger charge is 2.49. The lowest BCUT2D eigenvalue weighted by molar-refractivity contribution is -0.136. The average molecular weight is 358 g/mol. The van der Waals surface area contributed by atoms with Gasteiger partial charge in [0.15, 0.2) is 0 Å². The van der Waals surface area contributed by atoms with Crippen molar-refractivity contribution in [3.05, 3.63) is 71.0 Å². The van der Waals surface area contributed by atoms with Gasteiger partial charge in [-0.15, -0.1) is 0 Å². The zero-order chi connectivity index (χ0) is 18.9. The van der Waals surface area contributed by atoms with Crippen LogP contribution in [0.2, 0.25) is 0 Å². The largest absolute Gasteiger partial charge is 0.320 e. The van der Waals surface area contributed by atoms with Gasteiger partial charge < -0.3 is 10.2 Å². The van der Waals surface area contributed by atoms with Crippen LogP contribution < -0.4 is 5.32 Å². The van der Waals surface area contributed by atoms with Crippen LogP contribution in [0.3, 0.4) is 0 Å². The van der Waals surface area contributed by atoms with E-state index in [4.69, 9.17) is 0 Å². The molecule has 3 rings (SSSR count). The lowest BCUT2D eigenvalue weighted by atomic mass is 9.85. The van der Waals surface area contributed by atoms with Crippen molar-refractivity contribution < 1.29 is 13.6 Å². The fourth-order valence-corrected chi connectivity index (χ4v) is 3.67. The van der Waals surface area contributed by atoms with Crippen LogP contribution in [0.25, 0.3) is 0 Å². The van der Waals surface area contributed by atoms with E-state index in [0.717, 1.165) is 0 Å². The molecule has 0 saturated heterocycles. The maximum atomic E-state index is 14.9. The molecule has 3 nitrogen and oxygen atoms in total. The number of carbonyl (C=O) groups is 1. The average Bonchev–Trinajstić information content (AvgIpc) is 2.73. The molecule has 0 aromatic heterocycles. The number of hydrogen-bond donors (Lipinski definition) is 1. The number of nitrogens with zero attached hydrogens (tertiary/aromatic N) is 1. The third kappa shape index (κ3) is 3.12. The van der Waals surface area contributed by atoms with E-state index in [-0.39, 0.29) is 11.7 Å². The summed E-state index contributed by atoms with van der Waals surface area (Å²) in [4.78, 5) is 14.8. The van der Waals surface area contributed by atoms with Crippen molar-refractivity contribution in [2.45, 2.75) is 32.7 Å². The number of hydrogen-bond acceptors (Lipinski definition) is 2. The molecule has 0 fully saturated rings. The van der Waals surface area contributed by atoms with Crippen molar-refractivity contribution in [3.63, 3.8) is 0 Å². The molecule has 0 saturated carbocycles. The zero-order valence-electron chi connectivity index (χ0n) is 15.4. The molecule has 1 N–H and O–H groups in total. The summed E-state index contributed by atoms with van der Waals surface area (Å²) in [6.45, 7) is 4.25. The molecular weight excluding hydrogens is 334 g/mol. The Hall–Kier alpha value is -2.27. The van der Waals surface area contributed by atoms with Gasteiger partial charge in [0.1, 0.15) is 11.6 Å². The van der Waals surface area contributed by atoms with Crippen LogP contribution in [0, 0.1) is 11.2 Å². The molecule has 5 heteroatoms. The lowest BCUT2D eigenvalue weighted by Crippen LogP contribution is -2.37. The molecule has 1 aliphatic carbocycles. The normalized spacial score (nSPS) is 20.1. The summed E-state index contributed by atoms with van der Waals surface area (Å²) in [6.07, 6.45) is 6.23. The van der Waals surface area contributed by atoms with Crippen LogP contribution in [0.4, 0.5) is 8.78 Å². The minimum Gasteiger partial charge on any atom is -0.320 e. The molecule has 1 aromatic rings. The molecule has 1 unspecified atom stereocenters. The van der Waals surface area contributed by atoms with Crippen molar-refractivity contribution in [3.8, 4) is 0 Å². The molecule has 1 amide bonds. The predicted molar refractivity (Wildman–Crippen MR) is 98.3 cm³/mol. The number of allylic oxidation sites excluding steroid dienone is 4. The van der Waals surface area contributed by atoms with Crippen molar-refractivity contribution in [2.75, 3.05) is 13.6 Å². The van der Waals surface area contributed by atoms with Crippen LogP contribution in [0.1, 0.15) is 38.3 Å². The second kappa shape index (κ2) is 7.16. The van der Waals surface area contributed by atoms with Gasteiger partial charge in [0.2, 0.25) is 5.91 Å². The first kappa shape index (κ1) is 18.5. The van der Waals surface area contributed by atoms with Gasteiger partial charge in [-0.25, -0.2) is 8.78 Å². The summed E-state index contributed by atoms with van der Waals surface area (Å²) >= 11 is 0. The van der Waals surface area contributed by atoms with E-state index >= 15 is 0 Å². The number of carbonyl (C=O) groups excluding carboxylic acids is 1. The maximum Gasteiger partial charge on any atom is 0.237 e. The van der Waals surface area contributed by atoms with Crippen LogP contribution >= 0.6 is 0 Å². The van der Waals surface area contributed by atoms with E-state index in [9.17, 15) is 13.6 Å². The first-order valence-corrected chi connectivity index (χ1v) is 8.89. The standard InChI is InChI=1S/C21H24F2N2O/c1-21(2)16-9-4-5-10-17(23)19(16)25(20(21)26)18(11-12-24-3)14-7-6-8-15(22)13-14/h4,6-10,13,18,24H,5,11-12H2,1-3H3. The van der Waals surface area contributed by atoms with Crippen molar-refractivity contribution in [1.82, 2.24) is 10.2 Å².